The molecule has 1 saturated heterocycles. The van der Waals surface area contributed by atoms with Crippen LogP contribution in [0.15, 0.2) is 12.3 Å². The number of aryl methyl sites for hydroxylation is 1. The summed E-state index contributed by atoms with van der Waals surface area (Å²) in [6.07, 6.45) is 3.06. The summed E-state index contributed by atoms with van der Waals surface area (Å²) in [6.45, 7) is 2.55. The van der Waals surface area contributed by atoms with Crippen molar-refractivity contribution in [2.75, 3.05) is 12.3 Å². The minimum absolute atomic E-state index is 0.0406. The van der Waals surface area contributed by atoms with Crippen LogP contribution < -0.4 is 5.73 Å². The minimum Gasteiger partial charge on any atom is -0.383 e. The van der Waals surface area contributed by atoms with Gasteiger partial charge in [0.1, 0.15) is 11.9 Å². The van der Waals surface area contributed by atoms with Gasteiger partial charge in [-0.1, -0.05) is 0 Å². The largest absolute Gasteiger partial charge is 0.383 e. The Balaban J connectivity index is 2.27. The Kier molecular flexibility index (Phi) is 2.68. The average molecular weight is 206 g/mol. The molecule has 1 aliphatic rings. The van der Waals surface area contributed by atoms with E-state index in [-0.39, 0.29) is 11.9 Å². The monoisotopic (exact) mass is 206 g/mol. The Morgan fingerprint density at radius 1 is 1.67 bits per heavy atom. The quantitative estimate of drug-likeness (QED) is 0.741. The van der Waals surface area contributed by atoms with Crippen LogP contribution in [0.1, 0.15) is 28.8 Å². The van der Waals surface area contributed by atoms with Crippen LogP contribution in [0.25, 0.3) is 0 Å². The van der Waals surface area contributed by atoms with Gasteiger partial charge in [-0.2, -0.15) is 0 Å². The van der Waals surface area contributed by atoms with Crippen molar-refractivity contribution >= 4 is 11.6 Å². The van der Waals surface area contributed by atoms with Crippen LogP contribution in [-0.2, 0) is 4.74 Å². The van der Waals surface area contributed by atoms with Gasteiger partial charge in [0.2, 0.25) is 0 Å². The number of carbonyl (C=O) groups is 1. The van der Waals surface area contributed by atoms with Gasteiger partial charge in [-0.15, -0.1) is 0 Å². The van der Waals surface area contributed by atoms with Crippen molar-refractivity contribution in [2.24, 2.45) is 0 Å². The number of hydrogen-bond donors (Lipinski definition) is 1. The number of nitrogen functional groups attached to an aromatic ring is 1. The maximum absolute atomic E-state index is 12.0. The minimum atomic E-state index is -0.323. The van der Waals surface area contributed by atoms with E-state index in [9.17, 15) is 4.79 Å². The zero-order valence-electron chi connectivity index (χ0n) is 8.69. The standard InChI is InChI=1S/C11H14N2O2/c1-7-5-8(11(12)13-6-7)10(14)9-3-2-4-15-9/h5-6,9H,2-4H2,1H3,(H2,12,13). The van der Waals surface area contributed by atoms with E-state index in [0.29, 0.717) is 18.0 Å². The summed E-state index contributed by atoms with van der Waals surface area (Å²) >= 11 is 0. The van der Waals surface area contributed by atoms with E-state index in [1.54, 1.807) is 12.3 Å². The lowest BCUT2D eigenvalue weighted by Crippen LogP contribution is -2.21. The van der Waals surface area contributed by atoms with E-state index in [1.165, 1.54) is 0 Å². The molecular weight excluding hydrogens is 192 g/mol. The number of pyridine rings is 1. The number of ketones is 1. The summed E-state index contributed by atoms with van der Waals surface area (Å²) < 4.78 is 5.33. The van der Waals surface area contributed by atoms with Crippen LogP contribution in [0.5, 0.6) is 0 Å². The lowest BCUT2D eigenvalue weighted by atomic mass is 10.0. The van der Waals surface area contributed by atoms with E-state index in [0.717, 1.165) is 18.4 Å². The number of aromatic nitrogens is 1. The first-order chi connectivity index (χ1) is 7.18. The lowest BCUT2D eigenvalue weighted by Gasteiger charge is -2.10. The predicted octanol–water partition coefficient (Wildman–Crippen LogP) is 1.33. The molecule has 0 amide bonds. The molecule has 1 unspecified atom stereocenters. The summed E-state index contributed by atoms with van der Waals surface area (Å²) in [5.41, 5.74) is 7.09. The normalized spacial score (nSPS) is 20.5. The Bertz CT molecular complexity index is 384. The highest BCUT2D eigenvalue weighted by atomic mass is 16.5. The molecule has 1 aromatic heterocycles. The molecule has 80 valence electrons. The van der Waals surface area contributed by atoms with Crippen LogP contribution in [0.2, 0.25) is 0 Å². The van der Waals surface area contributed by atoms with Gasteiger partial charge in [0, 0.05) is 12.8 Å². The van der Waals surface area contributed by atoms with Crippen LogP contribution in [0.3, 0.4) is 0 Å². The fraction of sp³-hybridized carbons (Fsp3) is 0.455. The second-order valence-corrected chi connectivity index (χ2v) is 3.81. The lowest BCUT2D eigenvalue weighted by molar-refractivity contribution is 0.0643. The Morgan fingerprint density at radius 3 is 3.13 bits per heavy atom. The molecule has 0 spiro atoms. The fourth-order valence-electron chi connectivity index (χ4n) is 1.74. The molecule has 2 heterocycles. The molecule has 0 aliphatic carbocycles. The number of carbonyl (C=O) groups excluding carboxylic acids is 1. The average Bonchev–Trinajstić information content (AvgIpc) is 2.74. The van der Waals surface area contributed by atoms with Gasteiger partial charge in [-0.25, -0.2) is 4.98 Å². The highest BCUT2D eigenvalue weighted by Crippen LogP contribution is 2.20. The van der Waals surface area contributed by atoms with Gasteiger partial charge in [0.05, 0.1) is 5.56 Å². The molecule has 4 heteroatoms. The van der Waals surface area contributed by atoms with Crippen molar-refractivity contribution < 1.29 is 9.53 Å². The van der Waals surface area contributed by atoms with Gasteiger partial charge in [-0.05, 0) is 31.4 Å². The number of hydrogen-bond acceptors (Lipinski definition) is 4. The van der Waals surface area contributed by atoms with Crippen molar-refractivity contribution in [3.63, 3.8) is 0 Å². The predicted molar refractivity (Wildman–Crippen MR) is 56.7 cm³/mol. The zero-order valence-corrected chi connectivity index (χ0v) is 8.69. The second-order valence-electron chi connectivity index (χ2n) is 3.81. The summed E-state index contributed by atoms with van der Waals surface area (Å²) in [7, 11) is 0. The molecule has 0 saturated carbocycles. The van der Waals surface area contributed by atoms with Crippen molar-refractivity contribution in [3.05, 3.63) is 23.4 Å². The summed E-state index contributed by atoms with van der Waals surface area (Å²) in [6, 6.07) is 1.77. The van der Waals surface area contributed by atoms with Gasteiger partial charge < -0.3 is 10.5 Å². The molecule has 4 nitrogen and oxygen atoms in total. The zero-order chi connectivity index (χ0) is 10.8. The van der Waals surface area contributed by atoms with Crippen LogP contribution in [0.4, 0.5) is 5.82 Å². The number of ether oxygens (including phenoxy) is 1. The van der Waals surface area contributed by atoms with E-state index < -0.39 is 0 Å². The molecule has 0 bridgehead atoms. The Morgan fingerprint density at radius 2 is 2.47 bits per heavy atom. The van der Waals surface area contributed by atoms with Crippen LogP contribution in [-0.4, -0.2) is 23.5 Å². The van der Waals surface area contributed by atoms with Crippen molar-refractivity contribution in [1.29, 1.82) is 0 Å². The number of nitrogens with zero attached hydrogens (tertiary/aromatic N) is 1. The third kappa shape index (κ3) is 1.99. The fourth-order valence-corrected chi connectivity index (χ4v) is 1.74. The molecular formula is C11H14N2O2. The molecule has 1 aromatic rings. The number of anilines is 1. The second kappa shape index (κ2) is 3.98. The first kappa shape index (κ1) is 10.1. The number of rotatable bonds is 2. The molecule has 1 fully saturated rings. The van der Waals surface area contributed by atoms with E-state index >= 15 is 0 Å². The third-order valence-electron chi connectivity index (χ3n) is 2.54. The number of nitrogens with two attached hydrogens (primary N) is 1. The van der Waals surface area contributed by atoms with E-state index in [1.807, 2.05) is 6.92 Å². The first-order valence-electron chi connectivity index (χ1n) is 5.06. The molecule has 1 aliphatic heterocycles. The molecule has 15 heavy (non-hydrogen) atoms. The topological polar surface area (TPSA) is 65.2 Å². The highest BCUT2D eigenvalue weighted by Gasteiger charge is 2.26. The molecule has 0 aromatic carbocycles. The summed E-state index contributed by atoms with van der Waals surface area (Å²) in [5.74, 6) is 0.252. The maximum atomic E-state index is 12.0. The molecule has 2 N–H and O–H groups in total. The van der Waals surface area contributed by atoms with Gasteiger partial charge in [0.15, 0.2) is 5.78 Å². The SMILES string of the molecule is Cc1cnc(N)c(C(=O)C2CCCO2)c1. The van der Waals surface area contributed by atoms with E-state index in [4.69, 9.17) is 10.5 Å². The summed E-state index contributed by atoms with van der Waals surface area (Å²) in [5, 5.41) is 0. The third-order valence-corrected chi connectivity index (χ3v) is 2.54. The Labute approximate surface area is 88.4 Å². The summed E-state index contributed by atoms with van der Waals surface area (Å²) in [4.78, 5) is 15.9. The number of Topliss-reactive ketones (excluding diaryl/α,β-unsaturated/α-hetero) is 1. The van der Waals surface area contributed by atoms with Crippen molar-refractivity contribution in [2.45, 2.75) is 25.9 Å². The highest BCUT2D eigenvalue weighted by molar-refractivity contribution is 6.03. The maximum Gasteiger partial charge on any atom is 0.195 e. The molecule has 1 atom stereocenters. The van der Waals surface area contributed by atoms with Gasteiger partial charge >= 0.3 is 0 Å². The van der Waals surface area contributed by atoms with Crippen LogP contribution in [0, 0.1) is 6.92 Å². The van der Waals surface area contributed by atoms with Crippen molar-refractivity contribution in [1.82, 2.24) is 4.98 Å². The smallest absolute Gasteiger partial charge is 0.195 e. The van der Waals surface area contributed by atoms with Crippen LogP contribution >= 0.6 is 0 Å². The Hall–Kier alpha value is -1.42. The first-order valence-corrected chi connectivity index (χ1v) is 5.06. The molecule has 0 radical (unpaired) electrons. The molecule has 2 rings (SSSR count). The van der Waals surface area contributed by atoms with Gasteiger partial charge in [-0.3, -0.25) is 4.79 Å². The van der Waals surface area contributed by atoms with E-state index in [2.05, 4.69) is 4.98 Å². The van der Waals surface area contributed by atoms with Gasteiger partial charge in [0.25, 0.3) is 0 Å². The van der Waals surface area contributed by atoms with Crippen molar-refractivity contribution in [3.8, 4) is 0 Å².